The lowest BCUT2D eigenvalue weighted by molar-refractivity contribution is -0.132. The monoisotopic (exact) mass is 336 g/mol. The molecule has 1 saturated heterocycles. The van der Waals surface area contributed by atoms with Crippen LogP contribution in [0.5, 0.6) is 0 Å². The molecule has 5 heteroatoms. The molecular weight excluding hydrogens is 316 g/mol. The lowest BCUT2D eigenvalue weighted by Crippen LogP contribution is -2.39. The van der Waals surface area contributed by atoms with Crippen molar-refractivity contribution in [2.45, 2.75) is 25.5 Å². The molecule has 1 fully saturated rings. The second-order valence-electron chi connectivity index (χ2n) is 6.47. The van der Waals surface area contributed by atoms with E-state index < -0.39 is 6.10 Å². The van der Waals surface area contributed by atoms with Gasteiger partial charge in [0.1, 0.15) is 23.5 Å². The molecule has 0 radical (unpaired) electrons. The fourth-order valence-corrected chi connectivity index (χ4v) is 3.27. The average Bonchev–Trinajstić information content (AvgIpc) is 3.26. The predicted octanol–water partition coefficient (Wildman–Crippen LogP) is 3.46. The third-order valence-electron chi connectivity index (χ3n) is 4.70. The van der Waals surface area contributed by atoms with E-state index in [4.69, 9.17) is 9.15 Å². The highest BCUT2D eigenvalue weighted by Gasteiger charge is 2.33. The van der Waals surface area contributed by atoms with Gasteiger partial charge >= 0.3 is 0 Å². The van der Waals surface area contributed by atoms with Crippen LogP contribution in [0, 0.1) is 5.92 Å². The second kappa shape index (κ2) is 6.69. The predicted molar refractivity (Wildman–Crippen MR) is 94.0 cm³/mol. The minimum absolute atomic E-state index is 0.104. The summed E-state index contributed by atoms with van der Waals surface area (Å²) in [6, 6.07) is 13.2. The minimum Gasteiger partial charge on any atom is -0.459 e. The van der Waals surface area contributed by atoms with Crippen LogP contribution in [0.25, 0.3) is 11.0 Å². The molecule has 0 bridgehead atoms. The van der Waals surface area contributed by atoms with E-state index in [9.17, 15) is 4.79 Å². The zero-order valence-corrected chi connectivity index (χ0v) is 14.0. The lowest BCUT2D eigenvalue weighted by atomic mass is 10.0. The Kier molecular flexibility index (Phi) is 4.24. The summed E-state index contributed by atoms with van der Waals surface area (Å²) in [6.07, 6.45) is 3.93. The van der Waals surface area contributed by atoms with Crippen molar-refractivity contribution >= 4 is 16.9 Å². The van der Waals surface area contributed by atoms with Gasteiger partial charge in [0.25, 0.3) is 0 Å². The van der Waals surface area contributed by atoms with Crippen LogP contribution in [0.4, 0.5) is 0 Å². The van der Waals surface area contributed by atoms with E-state index in [2.05, 4.69) is 10.3 Å². The van der Waals surface area contributed by atoms with Crippen molar-refractivity contribution in [1.82, 2.24) is 10.3 Å². The molecule has 1 aliphatic heterocycles. The number of furan rings is 1. The van der Waals surface area contributed by atoms with Crippen LogP contribution in [-0.2, 0) is 9.53 Å². The Labute approximate surface area is 146 Å². The summed E-state index contributed by atoms with van der Waals surface area (Å²) in [4.78, 5) is 16.8. The number of amides is 1. The third-order valence-corrected chi connectivity index (χ3v) is 4.70. The van der Waals surface area contributed by atoms with Gasteiger partial charge in [0.05, 0.1) is 0 Å². The summed E-state index contributed by atoms with van der Waals surface area (Å²) in [5.41, 5.74) is 1.73. The van der Waals surface area contributed by atoms with E-state index in [0.717, 1.165) is 23.0 Å². The van der Waals surface area contributed by atoms with Crippen molar-refractivity contribution < 1.29 is 13.9 Å². The Morgan fingerprint density at radius 1 is 1.24 bits per heavy atom. The topological polar surface area (TPSA) is 64.4 Å². The molecule has 2 aromatic heterocycles. The molecule has 25 heavy (non-hydrogen) atoms. The van der Waals surface area contributed by atoms with E-state index in [0.29, 0.717) is 12.4 Å². The summed E-state index contributed by atoms with van der Waals surface area (Å²) in [5, 5.41) is 4.11. The molecule has 0 spiro atoms. The molecule has 1 N–H and O–H groups in total. The number of hydrogen-bond acceptors (Lipinski definition) is 4. The zero-order chi connectivity index (χ0) is 17.2. The molecule has 4 rings (SSSR count). The fraction of sp³-hybridized carbons (Fsp3) is 0.300. The highest BCUT2D eigenvalue weighted by molar-refractivity contribution is 5.83. The first kappa shape index (κ1) is 15.8. The summed E-state index contributed by atoms with van der Waals surface area (Å²) in [5.74, 6) is 0.812. The number of hydrogen-bond donors (Lipinski definition) is 1. The normalized spacial score (nSPS) is 21.3. The van der Waals surface area contributed by atoms with E-state index in [-0.39, 0.29) is 17.9 Å². The Bertz CT molecular complexity index is 842. The van der Waals surface area contributed by atoms with Crippen LogP contribution in [0.3, 0.4) is 0 Å². The Hall–Kier alpha value is -2.66. The third kappa shape index (κ3) is 3.15. The molecule has 1 aliphatic rings. The van der Waals surface area contributed by atoms with E-state index in [1.165, 1.54) is 0 Å². The van der Waals surface area contributed by atoms with Crippen LogP contribution < -0.4 is 5.32 Å². The summed E-state index contributed by atoms with van der Waals surface area (Å²) >= 11 is 0. The van der Waals surface area contributed by atoms with Gasteiger partial charge in [-0.2, -0.15) is 0 Å². The van der Waals surface area contributed by atoms with Crippen LogP contribution >= 0.6 is 0 Å². The van der Waals surface area contributed by atoms with E-state index in [1.807, 2.05) is 49.4 Å². The smallest absolute Gasteiger partial charge is 0.250 e. The molecule has 1 aromatic carbocycles. The lowest BCUT2D eigenvalue weighted by Gasteiger charge is -2.21. The second-order valence-corrected chi connectivity index (χ2v) is 6.47. The first-order valence-corrected chi connectivity index (χ1v) is 8.53. The van der Waals surface area contributed by atoms with Gasteiger partial charge in [-0.05, 0) is 42.2 Å². The van der Waals surface area contributed by atoms with E-state index >= 15 is 0 Å². The number of carbonyl (C=O) groups excluding carboxylic acids is 1. The largest absolute Gasteiger partial charge is 0.459 e. The van der Waals surface area contributed by atoms with Gasteiger partial charge in [-0.25, -0.2) is 0 Å². The Balaban J connectivity index is 1.68. The molecule has 5 nitrogen and oxygen atoms in total. The molecule has 0 unspecified atom stereocenters. The fourth-order valence-electron chi connectivity index (χ4n) is 3.27. The van der Waals surface area contributed by atoms with Gasteiger partial charge in [-0.3, -0.25) is 9.78 Å². The van der Waals surface area contributed by atoms with Gasteiger partial charge < -0.3 is 14.5 Å². The molecule has 3 atom stereocenters. The quantitative estimate of drug-likeness (QED) is 0.792. The highest BCUT2D eigenvalue weighted by atomic mass is 16.5. The number of aromatic nitrogens is 1. The molecule has 0 aliphatic carbocycles. The number of benzene rings is 1. The first-order valence-electron chi connectivity index (χ1n) is 8.53. The van der Waals surface area contributed by atoms with Crippen molar-refractivity contribution in [1.29, 1.82) is 0 Å². The Morgan fingerprint density at radius 3 is 2.76 bits per heavy atom. The average molecular weight is 336 g/mol. The number of ether oxygens (including phenoxy) is 1. The van der Waals surface area contributed by atoms with Crippen molar-refractivity contribution in [2.24, 2.45) is 5.92 Å². The van der Waals surface area contributed by atoms with Gasteiger partial charge in [0.2, 0.25) is 5.91 Å². The first-order chi connectivity index (χ1) is 12.2. The maximum Gasteiger partial charge on any atom is 0.250 e. The number of fused-ring (bicyclic) bond motifs is 1. The number of carbonyl (C=O) groups is 1. The van der Waals surface area contributed by atoms with Gasteiger partial charge in [0, 0.05) is 24.4 Å². The van der Waals surface area contributed by atoms with Crippen molar-refractivity contribution in [3.05, 3.63) is 66.2 Å². The van der Waals surface area contributed by atoms with E-state index in [1.54, 1.807) is 12.4 Å². The van der Waals surface area contributed by atoms with Gasteiger partial charge in [-0.1, -0.05) is 25.1 Å². The van der Waals surface area contributed by atoms with Crippen molar-refractivity contribution in [2.75, 3.05) is 6.61 Å². The number of nitrogens with one attached hydrogen (secondary N) is 1. The summed E-state index contributed by atoms with van der Waals surface area (Å²) in [7, 11) is 0. The Morgan fingerprint density at radius 2 is 2.04 bits per heavy atom. The minimum atomic E-state index is -0.409. The molecule has 0 saturated carbocycles. The number of nitrogens with zero attached hydrogens (tertiary/aromatic N) is 1. The highest BCUT2D eigenvalue weighted by Crippen LogP contribution is 2.29. The number of pyridine rings is 1. The van der Waals surface area contributed by atoms with Crippen molar-refractivity contribution in [3.63, 3.8) is 0 Å². The van der Waals surface area contributed by atoms with Gasteiger partial charge in [0.15, 0.2) is 0 Å². The summed E-state index contributed by atoms with van der Waals surface area (Å²) < 4.78 is 11.6. The number of rotatable bonds is 4. The molecule has 1 amide bonds. The zero-order valence-electron chi connectivity index (χ0n) is 14.0. The van der Waals surface area contributed by atoms with Crippen LogP contribution in [0.2, 0.25) is 0 Å². The van der Waals surface area contributed by atoms with Crippen LogP contribution in [0.1, 0.15) is 30.7 Å². The summed E-state index contributed by atoms with van der Waals surface area (Å²) in [6.45, 7) is 2.67. The molecule has 3 aromatic rings. The molecule has 3 heterocycles. The van der Waals surface area contributed by atoms with Gasteiger partial charge in [-0.15, -0.1) is 0 Å². The maximum absolute atomic E-state index is 12.7. The standard InChI is InChI=1S/C20H20N2O3/c1-13-8-11-24-19(13)20(23)22-18(14-6-9-21-10-7-14)17-12-15-4-2-3-5-16(15)25-17/h2-7,9-10,12-13,18-19H,8,11H2,1H3,(H,22,23)/t13-,18+,19+/m1/s1. The SMILES string of the molecule is C[C@@H]1CCO[C@@H]1C(=O)N[C@@H](c1ccncc1)c1cc2ccccc2o1. The van der Waals surface area contributed by atoms with Crippen LogP contribution in [0.15, 0.2) is 59.3 Å². The van der Waals surface area contributed by atoms with Crippen molar-refractivity contribution in [3.8, 4) is 0 Å². The van der Waals surface area contributed by atoms with Crippen LogP contribution in [-0.4, -0.2) is 23.6 Å². The molecule has 128 valence electrons. The molecular formula is C20H20N2O3. The number of para-hydroxylation sites is 1. The maximum atomic E-state index is 12.7.